The molecule has 0 aromatic heterocycles. The number of carbonyl (C=O) groups is 2. The van der Waals surface area contributed by atoms with E-state index in [9.17, 15) is 9.59 Å². The summed E-state index contributed by atoms with van der Waals surface area (Å²) in [4.78, 5) is 21.5. The van der Waals surface area contributed by atoms with Gasteiger partial charge in [-0.25, -0.2) is 0 Å². The summed E-state index contributed by atoms with van der Waals surface area (Å²) in [7, 11) is 0. The standard InChI is InChI=1S/C21H38O4/c1-2-3-4-5-6-7-8-9-10-11-12-13-14-15-16-19-25-21(24)18-17-20(22)23/h16,19H,2-15,17-18H2,1H3,(H,22,23). The van der Waals surface area contributed by atoms with Crippen LogP contribution in [0.25, 0.3) is 0 Å². The first-order chi connectivity index (χ1) is 12.2. The van der Waals surface area contributed by atoms with Gasteiger partial charge >= 0.3 is 11.9 Å². The van der Waals surface area contributed by atoms with Crippen LogP contribution in [0, 0.1) is 0 Å². The number of carboxylic acids is 1. The number of aliphatic carboxylic acids is 1. The van der Waals surface area contributed by atoms with E-state index in [1.165, 1.54) is 83.3 Å². The van der Waals surface area contributed by atoms with Gasteiger partial charge in [0, 0.05) is 0 Å². The summed E-state index contributed by atoms with van der Waals surface area (Å²) in [6, 6.07) is 0. The molecule has 4 heteroatoms. The maximum atomic E-state index is 11.2. The predicted molar refractivity (Wildman–Crippen MR) is 102 cm³/mol. The van der Waals surface area contributed by atoms with E-state index in [1.54, 1.807) is 0 Å². The molecule has 0 aromatic carbocycles. The van der Waals surface area contributed by atoms with Crippen molar-refractivity contribution < 1.29 is 19.4 Å². The molecule has 0 spiro atoms. The zero-order valence-corrected chi connectivity index (χ0v) is 16.1. The lowest BCUT2D eigenvalue weighted by Crippen LogP contribution is -2.03. The summed E-state index contributed by atoms with van der Waals surface area (Å²) in [5, 5.41) is 8.45. The fraction of sp³-hybridized carbons (Fsp3) is 0.810. The predicted octanol–water partition coefficient (Wildman–Crippen LogP) is 6.39. The van der Waals surface area contributed by atoms with Gasteiger partial charge in [-0.15, -0.1) is 0 Å². The Morgan fingerprint density at radius 2 is 1.24 bits per heavy atom. The van der Waals surface area contributed by atoms with Gasteiger partial charge in [-0.3, -0.25) is 9.59 Å². The number of unbranched alkanes of at least 4 members (excludes halogenated alkanes) is 13. The quantitative estimate of drug-likeness (QED) is 0.176. The van der Waals surface area contributed by atoms with Crippen LogP contribution < -0.4 is 0 Å². The summed E-state index contributed by atoms with van der Waals surface area (Å²) < 4.78 is 4.82. The molecule has 0 bridgehead atoms. The molecule has 0 unspecified atom stereocenters. The molecule has 0 saturated carbocycles. The topological polar surface area (TPSA) is 63.6 Å². The Morgan fingerprint density at radius 3 is 1.72 bits per heavy atom. The molecule has 0 aliphatic heterocycles. The highest BCUT2D eigenvalue weighted by Crippen LogP contribution is 2.13. The van der Waals surface area contributed by atoms with Crippen LogP contribution in [0.3, 0.4) is 0 Å². The Hall–Kier alpha value is -1.32. The van der Waals surface area contributed by atoms with E-state index in [4.69, 9.17) is 9.84 Å². The zero-order chi connectivity index (χ0) is 18.6. The van der Waals surface area contributed by atoms with Crippen molar-refractivity contribution in [3.63, 3.8) is 0 Å². The molecule has 4 nitrogen and oxygen atoms in total. The van der Waals surface area contributed by atoms with Gasteiger partial charge in [0.25, 0.3) is 0 Å². The summed E-state index contributed by atoms with van der Waals surface area (Å²) >= 11 is 0. The number of rotatable bonds is 18. The third-order valence-electron chi connectivity index (χ3n) is 4.31. The minimum atomic E-state index is -0.979. The summed E-state index contributed by atoms with van der Waals surface area (Å²) in [5.41, 5.74) is 0. The van der Waals surface area contributed by atoms with Gasteiger partial charge < -0.3 is 9.84 Å². The smallest absolute Gasteiger partial charge is 0.311 e. The second kappa shape index (κ2) is 19.0. The molecule has 0 radical (unpaired) electrons. The van der Waals surface area contributed by atoms with Gasteiger partial charge in [0.05, 0.1) is 19.1 Å². The van der Waals surface area contributed by atoms with E-state index in [-0.39, 0.29) is 12.8 Å². The zero-order valence-electron chi connectivity index (χ0n) is 16.1. The minimum Gasteiger partial charge on any atom is -0.481 e. The molecule has 0 heterocycles. The van der Waals surface area contributed by atoms with Crippen LogP contribution in [-0.2, 0) is 14.3 Å². The Balaban J connectivity index is 3.19. The van der Waals surface area contributed by atoms with Crippen molar-refractivity contribution in [2.75, 3.05) is 0 Å². The molecular weight excluding hydrogens is 316 g/mol. The minimum absolute atomic E-state index is 0.0710. The number of hydrogen-bond acceptors (Lipinski definition) is 3. The lowest BCUT2D eigenvalue weighted by Gasteiger charge is -2.02. The lowest BCUT2D eigenvalue weighted by molar-refractivity contribution is -0.144. The molecule has 0 aromatic rings. The van der Waals surface area contributed by atoms with Crippen molar-refractivity contribution in [1.29, 1.82) is 0 Å². The largest absolute Gasteiger partial charge is 0.481 e. The van der Waals surface area contributed by atoms with Crippen LogP contribution >= 0.6 is 0 Å². The van der Waals surface area contributed by atoms with Crippen molar-refractivity contribution in [2.24, 2.45) is 0 Å². The summed E-state index contributed by atoms with van der Waals surface area (Å²) in [6.07, 6.45) is 21.3. The number of allylic oxidation sites excluding steroid dienone is 1. The monoisotopic (exact) mass is 354 g/mol. The first kappa shape index (κ1) is 23.7. The lowest BCUT2D eigenvalue weighted by atomic mass is 10.0. The molecule has 0 amide bonds. The van der Waals surface area contributed by atoms with E-state index >= 15 is 0 Å². The molecule has 0 aliphatic carbocycles. The van der Waals surface area contributed by atoms with E-state index in [0.29, 0.717) is 0 Å². The van der Waals surface area contributed by atoms with E-state index in [0.717, 1.165) is 12.8 Å². The van der Waals surface area contributed by atoms with Crippen LogP contribution in [-0.4, -0.2) is 17.0 Å². The highest BCUT2D eigenvalue weighted by molar-refractivity contribution is 5.76. The molecule has 1 N–H and O–H groups in total. The molecule has 0 aliphatic rings. The Kier molecular flexibility index (Phi) is 18.0. The summed E-state index contributed by atoms with van der Waals surface area (Å²) in [6.45, 7) is 2.26. The maximum Gasteiger partial charge on any atom is 0.311 e. The first-order valence-corrected chi connectivity index (χ1v) is 10.2. The molecule has 0 saturated heterocycles. The fourth-order valence-corrected chi connectivity index (χ4v) is 2.74. The van der Waals surface area contributed by atoms with Gasteiger partial charge in [0.2, 0.25) is 0 Å². The van der Waals surface area contributed by atoms with Gasteiger partial charge in [0.15, 0.2) is 0 Å². The van der Waals surface area contributed by atoms with Crippen molar-refractivity contribution >= 4 is 11.9 Å². The van der Waals surface area contributed by atoms with E-state index in [1.807, 2.05) is 6.08 Å². The van der Waals surface area contributed by atoms with Crippen LogP contribution in [0.1, 0.15) is 110 Å². The molecular formula is C21H38O4. The maximum absolute atomic E-state index is 11.2. The summed E-state index contributed by atoms with van der Waals surface area (Å²) in [5.74, 6) is -1.46. The third kappa shape index (κ3) is 20.6. The van der Waals surface area contributed by atoms with E-state index in [2.05, 4.69) is 6.92 Å². The van der Waals surface area contributed by atoms with Crippen LogP contribution in [0.2, 0.25) is 0 Å². The van der Waals surface area contributed by atoms with Crippen molar-refractivity contribution in [2.45, 2.75) is 110 Å². The number of hydrogen-bond donors (Lipinski definition) is 1. The highest BCUT2D eigenvalue weighted by Gasteiger charge is 2.04. The fourth-order valence-electron chi connectivity index (χ4n) is 2.74. The number of carbonyl (C=O) groups excluding carboxylic acids is 1. The third-order valence-corrected chi connectivity index (χ3v) is 4.31. The Labute approximate surface area is 154 Å². The number of carboxylic acid groups (broad SMARTS) is 1. The molecule has 0 fully saturated rings. The van der Waals surface area contributed by atoms with Gasteiger partial charge in [-0.1, -0.05) is 84.0 Å². The van der Waals surface area contributed by atoms with Crippen LogP contribution in [0.4, 0.5) is 0 Å². The van der Waals surface area contributed by atoms with E-state index < -0.39 is 11.9 Å². The second-order valence-corrected chi connectivity index (χ2v) is 6.79. The van der Waals surface area contributed by atoms with Crippen LogP contribution in [0.5, 0.6) is 0 Å². The normalized spacial score (nSPS) is 11.1. The van der Waals surface area contributed by atoms with Crippen molar-refractivity contribution in [3.8, 4) is 0 Å². The SMILES string of the molecule is CCCCCCCCCCCCCCCC=COC(=O)CCC(=O)O. The highest BCUT2D eigenvalue weighted by atomic mass is 16.5. The van der Waals surface area contributed by atoms with Gasteiger partial charge in [-0.05, 0) is 18.9 Å². The molecule has 0 atom stereocenters. The second-order valence-electron chi connectivity index (χ2n) is 6.79. The van der Waals surface area contributed by atoms with Gasteiger partial charge in [-0.2, -0.15) is 0 Å². The molecule has 25 heavy (non-hydrogen) atoms. The van der Waals surface area contributed by atoms with Crippen molar-refractivity contribution in [1.82, 2.24) is 0 Å². The molecule has 146 valence electrons. The Morgan fingerprint density at radius 1 is 0.760 bits per heavy atom. The average Bonchev–Trinajstić information content (AvgIpc) is 2.59. The van der Waals surface area contributed by atoms with Gasteiger partial charge in [0.1, 0.15) is 0 Å². The average molecular weight is 355 g/mol. The van der Waals surface area contributed by atoms with Crippen LogP contribution in [0.15, 0.2) is 12.3 Å². The first-order valence-electron chi connectivity index (χ1n) is 10.2. The van der Waals surface area contributed by atoms with Crippen molar-refractivity contribution in [3.05, 3.63) is 12.3 Å². The number of ether oxygens (including phenoxy) is 1. The molecule has 0 rings (SSSR count). The number of esters is 1. The Bertz CT molecular complexity index is 350.